The third-order valence-electron chi connectivity index (χ3n) is 4.56. The summed E-state index contributed by atoms with van der Waals surface area (Å²) in [5, 5.41) is 6.40. The van der Waals surface area contributed by atoms with Crippen LogP contribution < -0.4 is 10.6 Å². The van der Waals surface area contributed by atoms with Gasteiger partial charge in [-0.15, -0.1) is 12.4 Å². The van der Waals surface area contributed by atoms with Gasteiger partial charge < -0.3 is 15.4 Å². The number of hydrogen-bond donors (Lipinski definition) is 2. The Bertz CT molecular complexity index is 673. The Morgan fingerprint density at radius 3 is 2.50 bits per heavy atom. The van der Waals surface area contributed by atoms with E-state index in [2.05, 4.69) is 34.9 Å². The van der Waals surface area contributed by atoms with Gasteiger partial charge in [-0.05, 0) is 36.1 Å². The van der Waals surface area contributed by atoms with Gasteiger partial charge in [0.2, 0.25) is 5.91 Å². The fourth-order valence-electron chi connectivity index (χ4n) is 3.14. The second kappa shape index (κ2) is 11.0. The normalized spacial score (nSPS) is 16.1. The van der Waals surface area contributed by atoms with E-state index in [1.807, 2.05) is 30.3 Å². The van der Waals surface area contributed by atoms with E-state index in [1.54, 1.807) is 0 Å². The summed E-state index contributed by atoms with van der Waals surface area (Å²) in [6.45, 7) is 2.72. The van der Waals surface area contributed by atoms with E-state index in [0.717, 1.165) is 29.7 Å². The van der Waals surface area contributed by atoms with Gasteiger partial charge in [0, 0.05) is 19.0 Å². The van der Waals surface area contributed by atoms with Crippen molar-refractivity contribution in [1.29, 1.82) is 0 Å². The molecule has 1 aliphatic heterocycles. The zero-order chi connectivity index (χ0) is 17.3. The topological polar surface area (TPSA) is 50.4 Å². The van der Waals surface area contributed by atoms with Crippen LogP contribution in [0.3, 0.4) is 0 Å². The monoisotopic (exact) mass is 374 g/mol. The van der Waals surface area contributed by atoms with E-state index in [0.29, 0.717) is 32.2 Å². The minimum absolute atomic E-state index is 0. The molecule has 1 fully saturated rings. The minimum atomic E-state index is 0. The molecular weight excluding hydrogens is 348 g/mol. The summed E-state index contributed by atoms with van der Waals surface area (Å²) in [6.07, 6.45) is 2.82. The molecule has 1 aliphatic rings. The van der Waals surface area contributed by atoms with Crippen molar-refractivity contribution in [1.82, 2.24) is 10.6 Å². The molecule has 3 rings (SSSR count). The fourth-order valence-corrected chi connectivity index (χ4v) is 3.14. The predicted octanol–water partition coefficient (Wildman–Crippen LogP) is 3.58. The number of amides is 1. The van der Waals surface area contributed by atoms with Gasteiger partial charge in [0.15, 0.2) is 0 Å². The Labute approximate surface area is 161 Å². The highest BCUT2D eigenvalue weighted by Crippen LogP contribution is 2.13. The van der Waals surface area contributed by atoms with Gasteiger partial charge in [-0.3, -0.25) is 4.79 Å². The molecule has 0 aliphatic carbocycles. The number of ether oxygens (including phenoxy) is 1. The Hall–Kier alpha value is -1.88. The first-order chi connectivity index (χ1) is 12.3. The maximum Gasteiger partial charge on any atom is 0.221 e. The van der Waals surface area contributed by atoms with Gasteiger partial charge in [-0.25, -0.2) is 0 Å². The lowest BCUT2D eigenvalue weighted by Gasteiger charge is -2.13. The van der Waals surface area contributed by atoms with E-state index in [4.69, 9.17) is 4.74 Å². The third kappa shape index (κ3) is 6.45. The molecule has 1 saturated heterocycles. The first-order valence-electron chi connectivity index (χ1n) is 9.00. The van der Waals surface area contributed by atoms with E-state index >= 15 is 0 Å². The molecule has 2 aromatic rings. The number of rotatable bonds is 8. The molecule has 1 heterocycles. The Morgan fingerprint density at radius 2 is 1.77 bits per heavy atom. The number of nitrogens with one attached hydrogen (secondary N) is 2. The summed E-state index contributed by atoms with van der Waals surface area (Å²) in [4.78, 5) is 12.1. The van der Waals surface area contributed by atoms with Gasteiger partial charge in [0.1, 0.15) is 0 Å². The highest BCUT2D eigenvalue weighted by molar-refractivity contribution is 5.85. The first kappa shape index (κ1) is 20.4. The molecule has 1 amide bonds. The minimum Gasteiger partial charge on any atom is -0.372 e. The number of benzene rings is 2. The lowest BCUT2D eigenvalue weighted by Crippen LogP contribution is -2.31. The van der Waals surface area contributed by atoms with Crippen LogP contribution in [-0.2, 0) is 29.3 Å². The molecule has 2 aromatic carbocycles. The summed E-state index contributed by atoms with van der Waals surface area (Å²) >= 11 is 0. The van der Waals surface area contributed by atoms with Crippen molar-refractivity contribution in [2.75, 3.05) is 6.54 Å². The van der Waals surface area contributed by atoms with Gasteiger partial charge in [0.25, 0.3) is 0 Å². The lowest BCUT2D eigenvalue weighted by atomic mass is 10.1. The lowest BCUT2D eigenvalue weighted by molar-refractivity contribution is -0.121. The Morgan fingerprint density at radius 1 is 1.04 bits per heavy atom. The van der Waals surface area contributed by atoms with Gasteiger partial charge in [-0.2, -0.15) is 0 Å². The van der Waals surface area contributed by atoms with E-state index in [-0.39, 0.29) is 18.3 Å². The van der Waals surface area contributed by atoms with Crippen molar-refractivity contribution in [3.05, 3.63) is 71.3 Å². The number of halogens is 1. The van der Waals surface area contributed by atoms with Crippen molar-refractivity contribution in [3.63, 3.8) is 0 Å². The molecule has 5 heteroatoms. The van der Waals surface area contributed by atoms with Crippen LogP contribution in [0.5, 0.6) is 0 Å². The first-order valence-corrected chi connectivity index (χ1v) is 9.00. The molecule has 0 radical (unpaired) electrons. The fraction of sp³-hybridized carbons (Fsp3) is 0.381. The van der Waals surface area contributed by atoms with Gasteiger partial charge in [-0.1, -0.05) is 54.6 Å². The summed E-state index contributed by atoms with van der Waals surface area (Å²) in [5.74, 6) is 0.111. The third-order valence-corrected chi connectivity index (χ3v) is 4.56. The van der Waals surface area contributed by atoms with Gasteiger partial charge in [0.05, 0.1) is 13.2 Å². The summed E-state index contributed by atoms with van der Waals surface area (Å²) < 4.78 is 5.84. The van der Waals surface area contributed by atoms with Crippen molar-refractivity contribution in [2.24, 2.45) is 0 Å². The smallest absolute Gasteiger partial charge is 0.221 e. The average Bonchev–Trinajstić information content (AvgIpc) is 3.15. The Balaban J connectivity index is 0.00000243. The van der Waals surface area contributed by atoms with Crippen molar-refractivity contribution in [2.45, 2.75) is 45.1 Å². The zero-order valence-corrected chi connectivity index (χ0v) is 15.8. The quantitative estimate of drug-likeness (QED) is 0.742. The highest BCUT2D eigenvalue weighted by Gasteiger charge is 2.17. The van der Waals surface area contributed by atoms with E-state index in [9.17, 15) is 4.79 Å². The van der Waals surface area contributed by atoms with Crippen molar-refractivity contribution < 1.29 is 9.53 Å². The molecule has 2 N–H and O–H groups in total. The molecule has 0 bridgehead atoms. The van der Waals surface area contributed by atoms with Crippen LogP contribution in [0.4, 0.5) is 0 Å². The second-order valence-electron chi connectivity index (χ2n) is 6.52. The predicted molar refractivity (Wildman–Crippen MR) is 106 cm³/mol. The summed E-state index contributed by atoms with van der Waals surface area (Å²) in [5.41, 5.74) is 3.40. The van der Waals surface area contributed by atoms with E-state index < -0.39 is 0 Å². The molecule has 0 saturated carbocycles. The molecule has 0 spiro atoms. The van der Waals surface area contributed by atoms with Crippen LogP contribution in [0.15, 0.2) is 54.6 Å². The Kier molecular flexibility index (Phi) is 8.62. The molecule has 4 nitrogen and oxygen atoms in total. The standard InChI is InChI=1S/C21H26N2O2.ClH/c24-21(13-20-11-6-12-22-20)23-14-18-9-4-5-10-19(18)16-25-15-17-7-2-1-3-8-17;/h1-5,7-10,20,22H,6,11-16H2,(H,23,24);1H. The van der Waals surface area contributed by atoms with Crippen LogP contribution in [-0.4, -0.2) is 18.5 Å². The molecule has 1 atom stereocenters. The summed E-state index contributed by atoms with van der Waals surface area (Å²) in [6, 6.07) is 18.6. The number of carbonyl (C=O) groups is 1. The van der Waals surface area contributed by atoms with Crippen LogP contribution in [0.2, 0.25) is 0 Å². The molecule has 0 aromatic heterocycles. The molecular formula is C21H27ClN2O2. The largest absolute Gasteiger partial charge is 0.372 e. The van der Waals surface area contributed by atoms with Gasteiger partial charge >= 0.3 is 0 Å². The number of carbonyl (C=O) groups excluding carboxylic acids is 1. The SMILES string of the molecule is Cl.O=C(CC1CCCN1)NCc1ccccc1COCc1ccccc1. The van der Waals surface area contributed by atoms with Crippen LogP contribution in [0.1, 0.15) is 36.0 Å². The van der Waals surface area contributed by atoms with Crippen molar-refractivity contribution in [3.8, 4) is 0 Å². The van der Waals surface area contributed by atoms with Crippen LogP contribution in [0.25, 0.3) is 0 Å². The maximum absolute atomic E-state index is 12.1. The van der Waals surface area contributed by atoms with Crippen LogP contribution >= 0.6 is 12.4 Å². The van der Waals surface area contributed by atoms with Crippen molar-refractivity contribution >= 4 is 18.3 Å². The highest BCUT2D eigenvalue weighted by atomic mass is 35.5. The van der Waals surface area contributed by atoms with Crippen LogP contribution in [0, 0.1) is 0 Å². The zero-order valence-electron chi connectivity index (χ0n) is 14.9. The molecule has 140 valence electrons. The number of hydrogen-bond acceptors (Lipinski definition) is 3. The maximum atomic E-state index is 12.1. The summed E-state index contributed by atoms with van der Waals surface area (Å²) in [7, 11) is 0. The second-order valence-corrected chi connectivity index (χ2v) is 6.52. The van der Waals surface area contributed by atoms with E-state index in [1.165, 1.54) is 6.42 Å². The molecule has 1 unspecified atom stereocenters. The molecule has 26 heavy (non-hydrogen) atoms. The average molecular weight is 375 g/mol.